The second kappa shape index (κ2) is 8.65. The van der Waals surface area contributed by atoms with Crippen LogP contribution < -0.4 is 5.32 Å². The summed E-state index contributed by atoms with van der Waals surface area (Å²) in [6.07, 6.45) is 2.42. The molecule has 0 radical (unpaired) electrons. The van der Waals surface area contributed by atoms with E-state index in [4.69, 9.17) is 4.74 Å². The van der Waals surface area contributed by atoms with E-state index in [1.54, 1.807) is 11.3 Å². The summed E-state index contributed by atoms with van der Waals surface area (Å²) in [6, 6.07) is 18.4. The zero-order chi connectivity index (χ0) is 18.5. The van der Waals surface area contributed by atoms with Gasteiger partial charge in [0.2, 0.25) is 5.91 Å². The van der Waals surface area contributed by atoms with E-state index in [1.807, 2.05) is 30.3 Å². The number of hydrogen-bond acceptors (Lipinski definition) is 4. The lowest BCUT2D eigenvalue weighted by Crippen LogP contribution is -2.37. The Morgan fingerprint density at radius 1 is 1.15 bits per heavy atom. The fourth-order valence-corrected chi connectivity index (χ4v) is 4.30. The second-order valence-electron chi connectivity index (χ2n) is 6.99. The van der Waals surface area contributed by atoms with Crippen molar-refractivity contribution in [1.82, 2.24) is 4.90 Å². The van der Waals surface area contributed by atoms with Gasteiger partial charge >= 0.3 is 0 Å². The van der Waals surface area contributed by atoms with Gasteiger partial charge in [-0.05, 0) is 47.2 Å². The summed E-state index contributed by atoms with van der Waals surface area (Å²) in [7, 11) is 0. The molecular weight excluding hydrogens is 356 g/mol. The van der Waals surface area contributed by atoms with Crippen LogP contribution in [0.15, 0.2) is 60.0 Å². The van der Waals surface area contributed by atoms with Crippen LogP contribution in [0.2, 0.25) is 0 Å². The average molecular weight is 381 g/mol. The fourth-order valence-electron chi connectivity index (χ4n) is 3.55. The summed E-state index contributed by atoms with van der Waals surface area (Å²) >= 11 is 1.73. The summed E-state index contributed by atoms with van der Waals surface area (Å²) in [5.74, 6) is 0.0137. The van der Waals surface area contributed by atoms with E-state index in [-0.39, 0.29) is 12.0 Å². The van der Waals surface area contributed by atoms with Gasteiger partial charge in [-0.3, -0.25) is 9.69 Å². The molecule has 2 heterocycles. The highest BCUT2D eigenvalue weighted by Crippen LogP contribution is 2.20. The lowest BCUT2D eigenvalue weighted by molar-refractivity contribution is -0.117. The van der Waals surface area contributed by atoms with Crippen LogP contribution in [0, 0.1) is 0 Å². The maximum atomic E-state index is 12.7. The average Bonchev–Trinajstić information content (AvgIpc) is 3.36. The summed E-state index contributed by atoms with van der Waals surface area (Å²) in [5, 5.41) is 7.43. The lowest BCUT2D eigenvalue weighted by atomic mass is 10.1. The molecular formula is C22H24N2O2S. The number of fused-ring (bicyclic) bond motifs is 1. The number of nitrogens with zero attached hydrogens (tertiary/aromatic N) is 1. The van der Waals surface area contributed by atoms with Crippen molar-refractivity contribution < 1.29 is 9.53 Å². The van der Waals surface area contributed by atoms with Gasteiger partial charge in [-0.2, -0.15) is 0 Å². The van der Waals surface area contributed by atoms with Gasteiger partial charge in [-0.25, -0.2) is 0 Å². The van der Waals surface area contributed by atoms with Gasteiger partial charge in [0.15, 0.2) is 0 Å². The van der Waals surface area contributed by atoms with Gasteiger partial charge in [-0.15, -0.1) is 11.3 Å². The van der Waals surface area contributed by atoms with Crippen LogP contribution in [0.25, 0.3) is 10.8 Å². The maximum absolute atomic E-state index is 12.7. The molecule has 5 heteroatoms. The van der Waals surface area contributed by atoms with Crippen molar-refractivity contribution in [3.05, 3.63) is 64.9 Å². The number of benzene rings is 2. The number of ether oxygens (including phenoxy) is 1. The van der Waals surface area contributed by atoms with Crippen molar-refractivity contribution in [2.24, 2.45) is 0 Å². The van der Waals surface area contributed by atoms with Crippen LogP contribution >= 0.6 is 11.3 Å². The van der Waals surface area contributed by atoms with Crippen molar-refractivity contribution >= 4 is 33.7 Å². The first-order valence-corrected chi connectivity index (χ1v) is 10.3. The number of carbonyl (C=O) groups is 1. The quantitative estimate of drug-likeness (QED) is 0.655. The zero-order valence-electron chi connectivity index (χ0n) is 15.3. The first-order chi connectivity index (χ1) is 13.3. The molecule has 4 nitrogen and oxygen atoms in total. The molecule has 0 aliphatic carbocycles. The van der Waals surface area contributed by atoms with Gasteiger partial charge in [0.1, 0.15) is 0 Å². The summed E-state index contributed by atoms with van der Waals surface area (Å²) in [5.41, 5.74) is 0.840. The minimum atomic E-state index is 0.0137. The SMILES string of the molecule is O=C(CN(Cc1cccs1)CC1CCCO1)Nc1ccc2ccccc2c1. The number of anilines is 1. The molecule has 1 aromatic heterocycles. The molecule has 1 fully saturated rings. The highest BCUT2D eigenvalue weighted by atomic mass is 32.1. The molecule has 1 aliphatic rings. The molecule has 0 spiro atoms. The van der Waals surface area contributed by atoms with E-state index in [0.29, 0.717) is 6.54 Å². The Morgan fingerprint density at radius 3 is 2.81 bits per heavy atom. The lowest BCUT2D eigenvalue weighted by Gasteiger charge is -2.24. The van der Waals surface area contributed by atoms with E-state index >= 15 is 0 Å². The third kappa shape index (κ3) is 4.95. The Labute approximate surface area is 163 Å². The zero-order valence-corrected chi connectivity index (χ0v) is 16.1. The fraction of sp³-hybridized carbons (Fsp3) is 0.318. The summed E-state index contributed by atoms with van der Waals surface area (Å²) in [6.45, 7) is 2.77. The molecule has 1 N–H and O–H groups in total. The highest BCUT2D eigenvalue weighted by Gasteiger charge is 2.21. The van der Waals surface area contributed by atoms with Gasteiger partial charge in [-0.1, -0.05) is 36.4 Å². The third-order valence-electron chi connectivity index (χ3n) is 4.85. The topological polar surface area (TPSA) is 41.6 Å². The van der Waals surface area contributed by atoms with Crippen molar-refractivity contribution in [2.75, 3.05) is 25.0 Å². The number of amides is 1. The molecule has 0 bridgehead atoms. The molecule has 1 unspecified atom stereocenters. The van der Waals surface area contributed by atoms with E-state index in [2.05, 4.69) is 39.9 Å². The Hall–Kier alpha value is -2.21. The molecule has 0 saturated carbocycles. The minimum absolute atomic E-state index is 0.0137. The van der Waals surface area contributed by atoms with Crippen LogP contribution in [0.3, 0.4) is 0 Å². The van der Waals surface area contributed by atoms with Gasteiger partial charge in [0.05, 0.1) is 12.6 Å². The maximum Gasteiger partial charge on any atom is 0.238 e. The van der Waals surface area contributed by atoms with E-state index < -0.39 is 0 Å². The van der Waals surface area contributed by atoms with E-state index in [9.17, 15) is 4.79 Å². The number of carbonyl (C=O) groups excluding carboxylic acids is 1. The number of thiophene rings is 1. The highest BCUT2D eigenvalue weighted by molar-refractivity contribution is 7.09. The Bertz CT molecular complexity index is 888. The van der Waals surface area contributed by atoms with Crippen molar-refractivity contribution in [2.45, 2.75) is 25.5 Å². The van der Waals surface area contributed by atoms with E-state index in [0.717, 1.165) is 43.6 Å². The third-order valence-corrected chi connectivity index (χ3v) is 5.71. The smallest absolute Gasteiger partial charge is 0.238 e. The molecule has 140 valence electrons. The molecule has 1 aliphatic heterocycles. The first kappa shape index (κ1) is 18.2. The van der Waals surface area contributed by atoms with Crippen LogP contribution in [0.5, 0.6) is 0 Å². The van der Waals surface area contributed by atoms with Crippen molar-refractivity contribution in [1.29, 1.82) is 0 Å². The number of rotatable bonds is 7. The molecule has 1 saturated heterocycles. The van der Waals surface area contributed by atoms with Crippen molar-refractivity contribution in [3.63, 3.8) is 0 Å². The molecule has 4 rings (SSSR count). The molecule has 3 aromatic rings. The first-order valence-electron chi connectivity index (χ1n) is 9.41. The predicted molar refractivity (Wildman–Crippen MR) is 111 cm³/mol. The monoisotopic (exact) mass is 380 g/mol. The Balaban J connectivity index is 1.41. The van der Waals surface area contributed by atoms with Gasteiger partial charge in [0, 0.05) is 30.3 Å². The predicted octanol–water partition coefficient (Wildman–Crippen LogP) is 4.52. The van der Waals surface area contributed by atoms with E-state index in [1.165, 1.54) is 10.3 Å². The van der Waals surface area contributed by atoms with Crippen LogP contribution in [0.1, 0.15) is 17.7 Å². The second-order valence-corrected chi connectivity index (χ2v) is 8.03. The molecule has 1 atom stereocenters. The minimum Gasteiger partial charge on any atom is -0.377 e. The summed E-state index contributed by atoms with van der Waals surface area (Å²) in [4.78, 5) is 16.1. The standard InChI is InChI=1S/C22H24N2O2S/c25-22(23-19-10-9-17-5-1-2-6-18(17)13-19)16-24(14-20-7-3-11-26-20)15-21-8-4-12-27-21/h1-2,4-6,8-10,12-13,20H,3,7,11,14-16H2,(H,23,25). The molecule has 27 heavy (non-hydrogen) atoms. The Kier molecular flexibility index (Phi) is 5.82. The normalized spacial score (nSPS) is 16.9. The van der Waals surface area contributed by atoms with Crippen LogP contribution in [0.4, 0.5) is 5.69 Å². The number of hydrogen-bond donors (Lipinski definition) is 1. The molecule has 2 aromatic carbocycles. The summed E-state index contributed by atoms with van der Waals surface area (Å²) < 4.78 is 5.78. The largest absolute Gasteiger partial charge is 0.377 e. The Morgan fingerprint density at radius 2 is 2.04 bits per heavy atom. The van der Waals surface area contributed by atoms with Crippen LogP contribution in [-0.2, 0) is 16.1 Å². The molecule has 1 amide bonds. The van der Waals surface area contributed by atoms with Gasteiger partial charge < -0.3 is 10.1 Å². The van der Waals surface area contributed by atoms with Crippen LogP contribution in [-0.4, -0.2) is 36.6 Å². The van der Waals surface area contributed by atoms with Crippen molar-refractivity contribution in [3.8, 4) is 0 Å². The number of nitrogens with one attached hydrogen (secondary N) is 1. The van der Waals surface area contributed by atoms with Gasteiger partial charge in [0.25, 0.3) is 0 Å².